The Morgan fingerprint density at radius 2 is 1.58 bits per heavy atom. The molecule has 1 aromatic heterocycles. The quantitative estimate of drug-likeness (QED) is 0.139. The Bertz CT molecular complexity index is 2200. The molecule has 4 aromatic carbocycles. The van der Waals surface area contributed by atoms with Gasteiger partial charge in [0.15, 0.2) is 0 Å². The van der Waals surface area contributed by atoms with Crippen molar-refractivity contribution in [3.8, 4) is 0 Å². The highest BCUT2D eigenvalue weighted by molar-refractivity contribution is 8.03. The lowest BCUT2D eigenvalue weighted by Crippen LogP contribution is -2.22. The van der Waals surface area contributed by atoms with Gasteiger partial charge in [-0.05, 0) is 77.3 Å². The summed E-state index contributed by atoms with van der Waals surface area (Å²) in [6.07, 6.45) is 5.99. The monoisotopic (exact) mass is 678 g/mol. The van der Waals surface area contributed by atoms with Gasteiger partial charge in [0.1, 0.15) is 0 Å². The van der Waals surface area contributed by atoms with Crippen LogP contribution in [-0.2, 0) is 26.7 Å². The average molecular weight is 679 g/mol. The molecule has 2 heterocycles. The summed E-state index contributed by atoms with van der Waals surface area (Å²) in [6.45, 7) is 2.50. The summed E-state index contributed by atoms with van der Waals surface area (Å²) in [6, 6.07) is 24.6. The number of allylic oxidation sites excluding steroid dienone is 2. The highest BCUT2D eigenvalue weighted by Gasteiger charge is 2.27. The molecule has 0 fully saturated rings. The summed E-state index contributed by atoms with van der Waals surface area (Å²) in [5.74, 6) is -0.736. The van der Waals surface area contributed by atoms with E-state index in [1.54, 1.807) is 23.1 Å². The maximum Gasteiger partial charge on any atom is 0.264 e. The molecule has 0 bridgehead atoms. The van der Waals surface area contributed by atoms with Crippen LogP contribution in [0.4, 0.5) is 5.69 Å². The number of fused-ring (bicyclic) bond motifs is 6. The van der Waals surface area contributed by atoms with Gasteiger partial charge in [-0.25, -0.2) is 8.42 Å². The van der Waals surface area contributed by atoms with Crippen LogP contribution in [0.1, 0.15) is 36.6 Å². The fourth-order valence-electron chi connectivity index (χ4n) is 5.92. The number of nitrogens with zero attached hydrogens (tertiary/aromatic N) is 1. The maximum atomic E-state index is 11.5. The Morgan fingerprint density at radius 1 is 0.889 bits per heavy atom. The second kappa shape index (κ2) is 12.9. The molecular weight excluding hydrogens is 647 g/mol. The van der Waals surface area contributed by atoms with Crippen molar-refractivity contribution in [2.75, 3.05) is 23.0 Å². The maximum absolute atomic E-state index is 11.5. The van der Waals surface area contributed by atoms with Crippen LogP contribution in [-0.4, -0.2) is 44.0 Å². The van der Waals surface area contributed by atoms with Crippen LogP contribution in [0.2, 0.25) is 0 Å². The van der Waals surface area contributed by atoms with Crippen LogP contribution < -0.4 is 4.90 Å². The van der Waals surface area contributed by atoms with Crippen molar-refractivity contribution in [2.24, 2.45) is 0 Å². The number of benzene rings is 4. The first-order chi connectivity index (χ1) is 21.5. The van der Waals surface area contributed by atoms with Crippen LogP contribution in [0, 0.1) is 0 Å². The second-order valence-electron chi connectivity index (χ2n) is 11.1. The first-order valence-electron chi connectivity index (χ1n) is 14.7. The number of thiophene rings is 1. The summed E-state index contributed by atoms with van der Waals surface area (Å²) < 4.78 is 67.9. The minimum Gasteiger partial charge on any atom is -0.748 e. The molecule has 11 heteroatoms. The molecule has 0 saturated carbocycles. The Hall–Kier alpha value is -3.19. The number of aryl methyl sites for hydroxylation is 1. The van der Waals surface area contributed by atoms with E-state index in [4.69, 9.17) is 0 Å². The number of hydrogen-bond donors (Lipinski definition) is 1. The van der Waals surface area contributed by atoms with Gasteiger partial charge < -0.3 is 9.45 Å². The molecule has 0 aliphatic carbocycles. The van der Waals surface area contributed by atoms with Gasteiger partial charge in [-0.15, -0.1) is 11.3 Å². The Kier molecular flexibility index (Phi) is 9.11. The lowest BCUT2D eigenvalue weighted by molar-refractivity contribution is 0.461. The molecule has 0 atom stereocenters. The van der Waals surface area contributed by atoms with E-state index < -0.39 is 26.0 Å². The minimum atomic E-state index is -4.33. The van der Waals surface area contributed by atoms with E-state index in [2.05, 4.69) is 72.5 Å². The van der Waals surface area contributed by atoms with Crippen molar-refractivity contribution in [3.05, 3.63) is 99.9 Å². The molecule has 1 N–H and O–H groups in total. The third-order valence-corrected chi connectivity index (χ3v) is 11.8. The van der Waals surface area contributed by atoms with Crippen LogP contribution in [0.3, 0.4) is 0 Å². The van der Waals surface area contributed by atoms with Crippen molar-refractivity contribution in [2.45, 2.75) is 37.5 Å². The highest BCUT2D eigenvalue weighted by atomic mass is 32.2. The van der Waals surface area contributed by atoms with Gasteiger partial charge in [-0.3, -0.25) is 4.55 Å². The van der Waals surface area contributed by atoms with Gasteiger partial charge >= 0.3 is 0 Å². The molecular formula is C34H32NO6S4-. The van der Waals surface area contributed by atoms with Gasteiger partial charge in [-0.2, -0.15) is 8.42 Å². The predicted molar refractivity (Wildman–Crippen MR) is 187 cm³/mol. The zero-order chi connectivity index (χ0) is 31.8. The van der Waals surface area contributed by atoms with Crippen molar-refractivity contribution in [3.63, 3.8) is 0 Å². The largest absolute Gasteiger partial charge is 0.748 e. The summed E-state index contributed by atoms with van der Waals surface area (Å²) in [5, 5.41) is 6.42. The van der Waals surface area contributed by atoms with E-state index in [1.807, 2.05) is 24.3 Å². The van der Waals surface area contributed by atoms with Crippen LogP contribution in [0.15, 0.2) is 94.4 Å². The zero-order valence-corrected chi connectivity index (χ0v) is 27.9. The summed E-state index contributed by atoms with van der Waals surface area (Å²) in [4.78, 5) is 4.26. The van der Waals surface area contributed by atoms with E-state index in [9.17, 15) is 25.9 Å². The van der Waals surface area contributed by atoms with Crippen molar-refractivity contribution in [1.82, 2.24) is 0 Å². The van der Waals surface area contributed by atoms with Gasteiger partial charge in [0.05, 0.1) is 26.6 Å². The van der Waals surface area contributed by atoms with E-state index in [0.29, 0.717) is 13.0 Å². The zero-order valence-electron chi connectivity index (χ0n) is 24.6. The van der Waals surface area contributed by atoms with E-state index in [1.165, 1.54) is 0 Å². The fourth-order valence-corrected chi connectivity index (χ4v) is 9.34. The normalized spacial score (nSPS) is 15.1. The van der Waals surface area contributed by atoms with E-state index in [-0.39, 0.29) is 18.6 Å². The molecule has 6 rings (SSSR count). The van der Waals surface area contributed by atoms with Crippen LogP contribution in [0.25, 0.3) is 37.7 Å². The minimum absolute atomic E-state index is 0.240. The predicted octanol–water partition coefficient (Wildman–Crippen LogP) is 8.21. The van der Waals surface area contributed by atoms with E-state index >= 15 is 0 Å². The molecule has 0 amide bonds. The second-order valence-corrected chi connectivity index (χ2v) is 16.3. The van der Waals surface area contributed by atoms with Crippen LogP contribution in [0.5, 0.6) is 0 Å². The molecule has 1 aliphatic heterocycles. The van der Waals surface area contributed by atoms with Crippen molar-refractivity contribution < 1.29 is 25.9 Å². The van der Waals surface area contributed by atoms with Gasteiger partial charge in [0.2, 0.25) is 0 Å². The highest BCUT2D eigenvalue weighted by Crippen LogP contribution is 2.50. The first kappa shape index (κ1) is 31.8. The fraction of sp³-hybridized carbons (Fsp3) is 0.235. The smallest absolute Gasteiger partial charge is 0.264 e. The molecule has 5 aromatic rings. The average Bonchev–Trinajstić information content (AvgIpc) is 3.53. The number of hydrogen-bond acceptors (Lipinski definition) is 8. The molecule has 234 valence electrons. The molecule has 0 radical (unpaired) electrons. The molecule has 0 unspecified atom stereocenters. The Balaban J connectivity index is 1.44. The molecule has 0 spiro atoms. The van der Waals surface area contributed by atoms with Gasteiger partial charge in [0, 0.05) is 37.5 Å². The third-order valence-electron chi connectivity index (χ3n) is 7.96. The standard InChI is InChI=1S/C34H33NO6S4/c1-2-23(21-31-28(13-7-19-44(36,37)38)33-26-11-5-3-9-24(26)14-16-29(33)42-31)22-32-35(18-8-20-45(39,40)41)34-27-12-6-4-10-25(27)15-17-30(34)43-32/h3-6,9-12,14-17,21-22H,2,7-8,13,18-20H2,1H3,(H,36,37,38)(H,39,40,41)/p-1/b23-21?,32-22-. The van der Waals surface area contributed by atoms with Crippen molar-refractivity contribution >= 4 is 86.7 Å². The topological polar surface area (TPSA) is 115 Å². The molecule has 1 aliphatic rings. The Labute approximate surface area is 271 Å². The molecule has 0 saturated heterocycles. The van der Waals surface area contributed by atoms with Gasteiger partial charge in [-0.1, -0.05) is 79.3 Å². The lowest BCUT2D eigenvalue weighted by atomic mass is 9.99. The first-order valence-corrected chi connectivity index (χ1v) is 19.5. The molecule has 7 nitrogen and oxygen atoms in total. The number of rotatable bonds is 11. The van der Waals surface area contributed by atoms with Gasteiger partial charge in [0.25, 0.3) is 10.1 Å². The number of thioether (sulfide) groups is 1. The lowest BCUT2D eigenvalue weighted by Gasteiger charge is -2.22. The van der Waals surface area contributed by atoms with E-state index in [0.717, 1.165) is 69.7 Å². The summed E-state index contributed by atoms with van der Waals surface area (Å²) in [5.41, 5.74) is 3.13. The SMILES string of the molecule is CCC(=Cc1sc2ccc3ccccc3c2c1CCCS(=O)(=O)[O-])/C=C1\Sc2ccc3ccccc3c2N1CCCS(=O)(=O)O. The summed E-state index contributed by atoms with van der Waals surface area (Å²) >= 11 is 3.29. The number of anilines is 1. The summed E-state index contributed by atoms with van der Waals surface area (Å²) in [7, 11) is -8.42. The Morgan fingerprint density at radius 3 is 2.29 bits per heavy atom. The van der Waals surface area contributed by atoms with Crippen LogP contribution >= 0.6 is 23.1 Å². The third kappa shape index (κ3) is 7.14. The molecule has 45 heavy (non-hydrogen) atoms. The van der Waals surface area contributed by atoms with Crippen molar-refractivity contribution in [1.29, 1.82) is 0 Å².